The van der Waals surface area contributed by atoms with Crippen LogP contribution in [0.4, 0.5) is 0 Å². The second kappa shape index (κ2) is 6.35. The average molecular weight is 369 g/mol. The number of aromatic nitrogens is 1. The smallest absolute Gasteiger partial charge is 0.0619 e. The van der Waals surface area contributed by atoms with E-state index in [-0.39, 0.29) is 0 Å². The fourth-order valence-corrected chi connectivity index (χ4v) is 4.45. The molecular formula is C28H19N. The Bertz CT molecular complexity index is 1490. The first-order valence-electron chi connectivity index (χ1n) is 9.97. The molecule has 0 aliphatic rings. The summed E-state index contributed by atoms with van der Waals surface area (Å²) in [5, 5.41) is 5.09. The Balaban J connectivity index is 1.78. The van der Waals surface area contributed by atoms with Crippen LogP contribution in [-0.4, -0.2) is 4.57 Å². The van der Waals surface area contributed by atoms with Gasteiger partial charge in [0.1, 0.15) is 0 Å². The van der Waals surface area contributed by atoms with E-state index in [9.17, 15) is 0 Å². The zero-order chi connectivity index (χ0) is 19.2. The van der Waals surface area contributed by atoms with Crippen molar-refractivity contribution in [3.05, 3.63) is 115 Å². The monoisotopic (exact) mass is 369 g/mol. The topological polar surface area (TPSA) is 4.93 Å². The first kappa shape index (κ1) is 16.1. The maximum atomic E-state index is 2.42. The van der Waals surface area contributed by atoms with Crippen LogP contribution in [0.1, 0.15) is 0 Å². The van der Waals surface area contributed by atoms with Gasteiger partial charge in [0.25, 0.3) is 0 Å². The van der Waals surface area contributed by atoms with Gasteiger partial charge in [-0.25, -0.2) is 0 Å². The fraction of sp³-hybridized carbons (Fsp3) is 0. The maximum Gasteiger partial charge on any atom is 0.0619 e. The molecule has 0 amide bonds. The zero-order valence-corrected chi connectivity index (χ0v) is 15.9. The molecule has 0 aliphatic carbocycles. The van der Waals surface area contributed by atoms with Gasteiger partial charge in [-0.15, -0.1) is 0 Å². The standard InChI is InChI=1S/C28H19N/c1-2-10-21(11-3-1)24-14-8-15-26-25-13-6-7-16-27(25)29(28(24)26)23-18-17-20-9-4-5-12-22(20)19-23/h1-19H. The first-order valence-corrected chi connectivity index (χ1v) is 9.97. The lowest BCUT2D eigenvalue weighted by Gasteiger charge is -2.12. The van der Waals surface area contributed by atoms with Crippen LogP contribution in [0.5, 0.6) is 0 Å². The molecule has 1 heterocycles. The molecule has 29 heavy (non-hydrogen) atoms. The number of benzene rings is 5. The van der Waals surface area contributed by atoms with Crippen molar-refractivity contribution in [1.82, 2.24) is 4.57 Å². The van der Waals surface area contributed by atoms with E-state index in [1.54, 1.807) is 0 Å². The molecule has 6 rings (SSSR count). The van der Waals surface area contributed by atoms with Crippen molar-refractivity contribution < 1.29 is 0 Å². The van der Waals surface area contributed by atoms with Gasteiger partial charge in [0.15, 0.2) is 0 Å². The molecule has 0 saturated carbocycles. The third-order valence-electron chi connectivity index (χ3n) is 5.77. The van der Waals surface area contributed by atoms with Crippen molar-refractivity contribution in [3.8, 4) is 16.8 Å². The van der Waals surface area contributed by atoms with Crippen molar-refractivity contribution in [2.75, 3.05) is 0 Å². The summed E-state index contributed by atoms with van der Waals surface area (Å²) in [6.45, 7) is 0. The lowest BCUT2D eigenvalue weighted by Crippen LogP contribution is -1.95. The third-order valence-corrected chi connectivity index (χ3v) is 5.77. The van der Waals surface area contributed by atoms with Crippen LogP contribution in [0.25, 0.3) is 49.4 Å². The molecule has 0 aliphatic heterocycles. The molecule has 0 N–H and O–H groups in total. The van der Waals surface area contributed by atoms with Crippen LogP contribution in [0, 0.1) is 0 Å². The van der Waals surface area contributed by atoms with E-state index < -0.39 is 0 Å². The van der Waals surface area contributed by atoms with E-state index in [0.717, 1.165) is 0 Å². The highest BCUT2D eigenvalue weighted by Gasteiger charge is 2.16. The van der Waals surface area contributed by atoms with Crippen LogP contribution in [0.15, 0.2) is 115 Å². The number of fused-ring (bicyclic) bond motifs is 4. The summed E-state index contributed by atoms with van der Waals surface area (Å²) in [6, 6.07) is 41.3. The Hall–Kier alpha value is -3.84. The molecule has 1 aromatic heterocycles. The summed E-state index contributed by atoms with van der Waals surface area (Å²) in [6.07, 6.45) is 0. The fourth-order valence-electron chi connectivity index (χ4n) is 4.45. The quantitative estimate of drug-likeness (QED) is 0.296. The lowest BCUT2D eigenvalue weighted by atomic mass is 10.0. The number of nitrogens with zero attached hydrogens (tertiary/aromatic N) is 1. The van der Waals surface area contributed by atoms with Crippen LogP contribution < -0.4 is 0 Å². The maximum absolute atomic E-state index is 2.42. The molecule has 6 aromatic rings. The minimum absolute atomic E-state index is 1.19. The molecule has 0 spiro atoms. The third kappa shape index (κ3) is 2.48. The molecule has 0 saturated heterocycles. The number of hydrogen-bond donors (Lipinski definition) is 0. The highest BCUT2D eigenvalue weighted by Crippen LogP contribution is 2.38. The van der Waals surface area contributed by atoms with Crippen molar-refractivity contribution >= 4 is 32.6 Å². The molecule has 0 unspecified atom stereocenters. The van der Waals surface area contributed by atoms with Gasteiger partial charge in [0, 0.05) is 22.0 Å². The van der Waals surface area contributed by atoms with Gasteiger partial charge in [0.2, 0.25) is 0 Å². The van der Waals surface area contributed by atoms with Gasteiger partial charge in [0.05, 0.1) is 11.0 Å². The Morgan fingerprint density at radius 2 is 1.21 bits per heavy atom. The normalized spacial score (nSPS) is 11.4. The Kier molecular flexibility index (Phi) is 3.54. The van der Waals surface area contributed by atoms with E-state index in [4.69, 9.17) is 0 Å². The molecule has 0 fully saturated rings. The van der Waals surface area contributed by atoms with Crippen molar-refractivity contribution in [3.63, 3.8) is 0 Å². The molecule has 1 heteroatoms. The van der Waals surface area contributed by atoms with Crippen molar-refractivity contribution in [1.29, 1.82) is 0 Å². The van der Waals surface area contributed by atoms with Crippen molar-refractivity contribution in [2.24, 2.45) is 0 Å². The highest BCUT2D eigenvalue weighted by atomic mass is 15.0. The summed E-state index contributed by atoms with van der Waals surface area (Å²) in [4.78, 5) is 0. The summed E-state index contributed by atoms with van der Waals surface area (Å²) in [5.74, 6) is 0. The Morgan fingerprint density at radius 3 is 2.10 bits per heavy atom. The molecule has 0 radical (unpaired) electrons. The van der Waals surface area contributed by atoms with Crippen LogP contribution >= 0.6 is 0 Å². The second-order valence-electron chi connectivity index (χ2n) is 7.45. The van der Waals surface area contributed by atoms with Gasteiger partial charge < -0.3 is 4.57 Å². The molecule has 0 bridgehead atoms. The van der Waals surface area contributed by atoms with E-state index in [1.807, 2.05) is 0 Å². The van der Waals surface area contributed by atoms with E-state index in [2.05, 4.69) is 120 Å². The predicted molar refractivity (Wildman–Crippen MR) is 124 cm³/mol. The van der Waals surface area contributed by atoms with Gasteiger partial charge in [-0.1, -0.05) is 97.1 Å². The zero-order valence-electron chi connectivity index (χ0n) is 15.9. The van der Waals surface area contributed by atoms with Gasteiger partial charge >= 0.3 is 0 Å². The SMILES string of the molecule is c1ccc(-c2cccc3c4ccccc4n(-c4ccc5ccccc5c4)c23)cc1. The summed E-state index contributed by atoms with van der Waals surface area (Å²) >= 11 is 0. The van der Waals surface area contributed by atoms with Gasteiger partial charge in [-0.3, -0.25) is 0 Å². The molecule has 1 nitrogen and oxygen atoms in total. The van der Waals surface area contributed by atoms with Gasteiger partial charge in [-0.05, 0) is 34.5 Å². The largest absolute Gasteiger partial charge is 0.309 e. The van der Waals surface area contributed by atoms with Gasteiger partial charge in [-0.2, -0.15) is 0 Å². The molecule has 0 atom stereocenters. The molecular weight excluding hydrogens is 350 g/mol. The first-order chi connectivity index (χ1) is 14.4. The minimum atomic E-state index is 1.19. The predicted octanol–water partition coefficient (Wildman–Crippen LogP) is 7.60. The summed E-state index contributed by atoms with van der Waals surface area (Å²) in [5.41, 5.74) is 6.19. The van der Waals surface area contributed by atoms with E-state index in [1.165, 1.54) is 49.4 Å². The average Bonchev–Trinajstić information content (AvgIpc) is 3.14. The van der Waals surface area contributed by atoms with E-state index >= 15 is 0 Å². The number of para-hydroxylation sites is 2. The number of rotatable bonds is 2. The second-order valence-corrected chi connectivity index (χ2v) is 7.45. The minimum Gasteiger partial charge on any atom is -0.309 e. The van der Waals surface area contributed by atoms with Crippen LogP contribution in [-0.2, 0) is 0 Å². The summed E-state index contributed by atoms with van der Waals surface area (Å²) in [7, 11) is 0. The van der Waals surface area contributed by atoms with Crippen molar-refractivity contribution in [2.45, 2.75) is 0 Å². The number of hydrogen-bond acceptors (Lipinski definition) is 0. The summed E-state index contributed by atoms with van der Waals surface area (Å²) < 4.78 is 2.42. The van der Waals surface area contributed by atoms with Crippen LogP contribution in [0.2, 0.25) is 0 Å². The Morgan fingerprint density at radius 1 is 0.483 bits per heavy atom. The lowest BCUT2D eigenvalue weighted by molar-refractivity contribution is 1.19. The molecule has 136 valence electrons. The highest BCUT2D eigenvalue weighted by molar-refractivity contribution is 6.13. The van der Waals surface area contributed by atoms with E-state index in [0.29, 0.717) is 0 Å². The molecule has 5 aromatic carbocycles. The Labute approximate surface area is 169 Å². The van der Waals surface area contributed by atoms with Crippen LogP contribution in [0.3, 0.4) is 0 Å².